The van der Waals surface area contributed by atoms with E-state index in [0.717, 1.165) is 0 Å². The second kappa shape index (κ2) is 6.43. The van der Waals surface area contributed by atoms with Crippen LogP contribution in [-0.2, 0) is 14.6 Å². The highest BCUT2D eigenvalue weighted by Gasteiger charge is 2.33. The van der Waals surface area contributed by atoms with Crippen molar-refractivity contribution < 1.29 is 23.1 Å². The van der Waals surface area contributed by atoms with Crippen LogP contribution in [0.25, 0.3) is 0 Å². The van der Waals surface area contributed by atoms with Gasteiger partial charge in [0.15, 0.2) is 9.84 Å². The Bertz CT molecular complexity index is 476. The fourth-order valence-corrected chi connectivity index (χ4v) is 3.75. The average molecular weight is 306 g/mol. The molecular formula is C12H22N2O5S. The molecule has 2 atom stereocenters. The third kappa shape index (κ3) is 4.09. The summed E-state index contributed by atoms with van der Waals surface area (Å²) in [4.78, 5) is 22.7. The molecule has 2 amide bonds. The predicted molar refractivity (Wildman–Crippen MR) is 74.2 cm³/mol. The third-order valence-electron chi connectivity index (χ3n) is 3.89. The quantitative estimate of drug-likeness (QED) is 0.656. The van der Waals surface area contributed by atoms with Crippen LogP contribution in [0.5, 0.6) is 0 Å². The van der Waals surface area contributed by atoms with E-state index in [9.17, 15) is 18.0 Å². The highest BCUT2D eigenvalue weighted by molar-refractivity contribution is 7.92. The molecule has 0 aromatic carbocycles. The fraction of sp³-hybridized carbons (Fsp3) is 0.833. The van der Waals surface area contributed by atoms with Crippen LogP contribution in [0.2, 0.25) is 0 Å². The van der Waals surface area contributed by atoms with Crippen molar-refractivity contribution in [2.75, 3.05) is 18.8 Å². The van der Waals surface area contributed by atoms with E-state index in [1.54, 1.807) is 13.8 Å². The van der Waals surface area contributed by atoms with Crippen molar-refractivity contribution in [2.45, 2.75) is 38.4 Å². The van der Waals surface area contributed by atoms with Gasteiger partial charge >= 0.3 is 12.0 Å². The van der Waals surface area contributed by atoms with E-state index < -0.39 is 32.5 Å². The zero-order valence-corrected chi connectivity index (χ0v) is 12.6. The van der Waals surface area contributed by atoms with E-state index in [4.69, 9.17) is 5.11 Å². The molecule has 0 aromatic rings. The summed E-state index contributed by atoms with van der Waals surface area (Å²) < 4.78 is 23.2. The van der Waals surface area contributed by atoms with Gasteiger partial charge in [0.05, 0.1) is 16.4 Å². The van der Waals surface area contributed by atoms with Crippen LogP contribution in [0.3, 0.4) is 0 Å². The van der Waals surface area contributed by atoms with Gasteiger partial charge in [0.25, 0.3) is 0 Å². The average Bonchev–Trinajstić information content (AvgIpc) is 2.72. The van der Waals surface area contributed by atoms with E-state index in [1.165, 1.54) is 0 Å². The predicted octanol–water partition coefficient (Wildman–Crippen LogP) is 0.364. The topological polar surface area (TPSA) is 113 Å². The summed E-state index contributed by atoms with van der Waals surface area (Å²) in [5.41, 5.74) is -1.02. The van der Waals surface area contributed by atoms with Gasteiger partial charge in [-0.1, -0.05) is 6.92 Å². The van der Waals surface area contributed by atoms with Crippen molar-refractivity contribution in [3.05, 3.63) is 0 Å². The molecule has 0 aliphatic carbocycles. The van der Waals surface area contributed by atoms with Crippen molar-refractivity contribution in [3.63, 3.8) is 0 Å². The van der Waals surface area contributed by atoms with Crippen LogP contribution >= 0.6 is 0 Å². The van der Waals surface area contributed by atoms with Gasteiger partial charge < -0.3 is 15.7 Å². The third-order valence-corrected chi connectivity index (χ3v) is 6.16. The highest BCUT2D eigenvalue weighted by Crippen LogP contribution is 2.20. The molecule has 3 N–H and O–H groups in total. The van der Waals surface area contributed by atoms with E-state index in [0.29, 0.717) is 19.3 Å². The molecule has 1 aliphatic heterocycles. The summed E-state index contributed by atoms with van der Waals surface area (Å²) in [6, 6.07) is -0.534. The second-order valence-electron chi connectivity index (χ2n) is 5.41. The molecule has 0 bridgehead atoms. The summed E-state index contributed by atoms with van der Waals surface area (Å²) in [5.74, 6) is -0.799. The van der Waals surface area contributed by atoms with Crippen LogP contribution in [0.15, 0.2) is 0 Å². The minimum absolute atomic E-state index is 0.00207. The van der Waals surface area contributed by atoms with Gasteiger partial charge in [-0.2, -0.15) is 0 Å². The molecule has 2 unspecified atom stereocenters. The van der Waals surface area contributed by atoms with Gasteiger partial charge in [0, 0.05) is 13.1 Å². The van der Waals surface area contributed by atoms with Crippen LogP contribution in [-0.4, -0.2) is 49.6 Å². The van der Waals surface area contributed by atoms with Crippen molar-refractivity contribution in [3.8, 4) is 0 Å². The summed E-state index contributed by atoms with van der Waals surface area (Å²) >= 11 is 0. The number of amides is 2. The maximum Gasteiger partial charge on any atom is 0.314 e. The van der Waals surface area contributed by atoms with Crippen LogP contribution in [0.4, 0.5) is 4.79 Å². The first-order valence-corrected chi connectivity index (χ1v) is 8.39. The zero-order valence-electron chi connectivity index (χ0n) is 11.8. The Morgan fingerprint density at radius 2 is 2.00 bits per heavy atom. The highest BCUT2D eigenvalue weighted by atomic mass is 32.2. The van der Waals surface area contributed by atoms with Gasteiger partial charge in [-0.3, -0.25) is 4.79 Å². The molecule has 1 heterocycles. The zero-order chi connectivity index (χ0) is 15.4. The van der Waals surface area contributed by atoms with Crippen molar-refractivity contribution in [2.24, 2.45) is 5.41 Å². The normalized spacial score (nSPS) is 23.8. The number of hydrogen-bond acceptors (Lipinski definition) is 4. The molecule has 0 radical (unpaired) electrons. The molecule has 1 saturated heterocycles. The fourth-order valence-electron chi connectivity index (χ4n) is 1.98. The number of carboxylic acid groups (broad SMARTS) is 1. The van der Waals surface area contributed by atoms with E-state index in [2.05, 4.69) is 10.6 Å². The molecule has 7 nitrogen and oxygen atoms in total. The molecule has 8 heteroatoms. The lowest BCUT2D eigenvalue weighted by Crippen LogP contribution is -2.46. The maximum absolute atomic E-state index is 11.6. The second-order valence-corrected chi connectivity index (χ2v) is 7.81. The summed E-state index contributed by atoms with van der Waals surface area (Å²) in [5, 5.41) is 13.5. The molecule has 0 aromatic heterocycles. The first-order chi connectivity index (χ1) is 9.21. The van der Waals surface area contributed by atoms with Crippen molar-refractivity contribution in [1.29, 1.82) is 0 Å². The smallest absolute Gasteiger partial charge is 0.314 e. The SMILES string of the molecule is CCC(C)(CNC(=O)NCC1CCCS1(=O)=O)C(=O)O. The van der Waals surface area contributed by atoms with E-state index >= 15 is 0 Å². The Kier molecular flexibility index (Phi) is 5.38. The number of rotatable bonds is 6. The Labute approximate surface area is 119 Å². The van der Waals surface area contributed by atoms with Crippen LogP contribution < -0.4 is 10.6 Å². The molecule has 1 aliphatic rings. The number of aliphatic carboxylic acids is 1. The number of carbonyl (C=O) groups excluding carboxylic acids is 1. The van der Waals surface area contributed by atoms with Gasteiger partial charge in [0.1, 0.15) is 0 Å². The Morgan fingerprint density at radius 3 is 2.45 bits per heavy atom. The largest absolute Gasteiger partial charge is 0.481 e. The number of sulfone groups is 1. The van der Waals surface area contributed by atoms with E-state index in [-0.39, 0.29) is 18.8 Å². The monoisotopic (exact) mass is 306 g/mol. The van der Waals surface area contributed by atoms with Gasteiger partial charge in [0.2, 0.25) is 0 Å². The van der Waals surface area contributed by atoms with E-state index in [1.807, 2.05) is 0 Å². The van der Waals surface area contributed by atoms with Crippen LogP contribution in [0, 0.1) is 5.41 Å². The molecule has 1 rings (SSSR count). The number of urea groups is 1. The Morgan fingerprint density at radius 1 is 1.35 bits per heavy atom. The summed E-state index contributed by atoms with van der Waals surface area (Å²) in [7, 11) is -3.08. The minimum Gasteiger partial charge on any atom is -0.481 e. The number of hydrogen-bond donors (Lipinski definition) is 3. The first-order valence-electron chi connectivity index (χ1n) is 6.68. The Hall–Kier alpha value is -1.31. The minimum atomic E-state index is -3.08. The van der Waals surface area contributed by atoms with Crippen LogP contribution in [0.1, 0.15) is 33.1 Å². The Balaban J connectivity index is 2.40. The molecule has 1 fully saturated rings. The molecule has 20 heavy (non-hydrogen) atoms. The summed E-state index contributed by atoms with van der Waals surface area (Å²) in [6.07, 6.45) is 1.58. The number of nitrogens with one attached hydrogen (secondary N) is 2. The standard InChI is InChI=1S/C12H22N2O5S/c1-3-12(2,10(15)16)8-14-11(17)13-7-9-5-4-6-20(9,18)19/h9H,3-8H2,1-2H3,(H,15,16)(H2,13,14,17). The lowest BCUT2D eigenvalue weighted by atomic mass is 9.88. The number of carboxylic acids is 1. The number of carbonyl (C=O) groups is 2. The lowest BCUT2D eigenvalue weighted by Gasteiger charge is -2.23. The lowest BCUT2D eigenvalue weighted by molar-refractivity contribution is -0.147. The van der Waals surface area contributed by atoms with Gasteiger partial charge in [-0.05, 0) is 26.2 Å². The van der Waals surface area contributed by atoms with Crippen molar-refractivity contribution >= 4 is 21.8 Å². The molecule has 116 valence electrons. The van der Waals surface area contributed by atoms with Gasteiger partial charge in [-0.15, -0.1) is 0 Å². The maximum atomic E-state index is 11.6. The first kappa shape index (κ1) is 16.7. The molecular weight excluding hydrogens is 284 g/mol. The van der Waals surface area contributed by atoms with Gasteiger partial charge in [-0.25, -0.2) is 13.2 Å². The molecule has 0 spiro atoms. The van der Waals surface area contributed by atoms with Crippen molar-refractivity contribution in [1.82, 2.24) is 10.6 Å². The summed E-state index contributed by atoms with van der Waals surface area (Å²) in [6.45, 7) is 3.36. The molecule has 0 saturated carbocycles.